The van der Waals surface area contributed by atoms with Gasteiger partial charge < -0.3 is 15.0 Å². The topological polar surface area (TPSA) is 96.0 Å². The standard InChI is InChI=1S/C29H41N3O5S/c1-4-27(29(34)30-24-14-9-6-10-15-24)31(22-23-12-7-5-8-13-23)28(33)16-11-21-32(38(3,35)36)25-17-19-26(37-2)20-18-25/h5,7-8,12-13,17-20,24,27H,4,6,9-11,14-16,21-22H2,1-3H3,(H,30,34)/t27-/m1/s1. The summed E-state index contributed by atoms with van der Waals surface area (Å²) >= 11 is 0. The van der Waals surface area contributed by atoms with Crippen LogP contribution in [-0.4, -0.2) is 57.1 Å². The van der Waals surface area contributed by atoms with Crippen molar-refractivity contribution >= 4 is 27.5 Å². The molecule has 0 aliphatic heterocycles. The molecule has 0 bridgehead atoms. The van der Waals surface area contributed by atoms with Crippen molar-refractivity contribution in [2.75, 3.05) is 24.2 Å². The fourth-order valence-corrected chi connectivity index (χ4v) is 5.96. The molecular weight excluding hydrogens is 502 g/mol. The SMILES string of the molecule is CC[C@H](C(=O)NC1CCCCC1)N(Cc1ccccc1)C(=O)CCCN(c1ccc(OC)cc1)S(C)(=O)=O. The number of methoxy groups -OCH3 is 1. The molecule has 1 aliphatic carbocycles. The van der Waals surface area contributed by atoms with E-state index in [2.05, 4.69) is 5.32 Å². The molecule has 0 saturated heterocycles. The largest absolute Gasteiger partial charge is 0.497 e. The summed E-state index contributed by atoms with van der Waals surface area (Å²) in [7, 11) is -2.00. The van der Waals surface area contributed by atoms with E-state index in [1.165, 1.54) is 10.7 Å². The fourth-order valence-electron chi connectivity index (χ4n) is 5.00. The number of hydrogen-bond acceptors (Lipinski definition) is 5. The Hall–Kier alpha value is -3.07. The number of hydrogen-bond donors (Lipinski definition) is 1. The fraction of sp³-hybridized carbons (Fsp3) is 0.517. The molecule has 1 aliphatic rings. The molecule has 208 valence electrons. The second-order valence-electron chi connectivity index (χ2n) is 9.91. The van der Waals surface area contributed by atoms with Crippen molar-refractivity contribution in [1.29, 1.82) is 0 Å². The minimum Gasteiger partial charge on any atom is -0.497 e. The van der Waals surface area contributed by atoms with Gasteiger partial charge in [-0.15, -0.1) is 0 Å². The number of amides is 2. The maximum absolute atomic E-state index is 13.6. The van der Waals surface area contributed by atoms with Gasteiger partial charge in [0.25, 0.3) is 0 Å². The zero-order valence-electron chi connectivity index (χ0n) is 22.8. The average Bonchev–Trinajstić information content (AvgIpc) is 2.91. The highest BCUT2D eigenvalue weighted by Gasteiger charge is 2.30. The van der Waals surface area contributed by atoms with E-state index >= 15 is 0 Å². The van der Waals surface area contributed by atoms with Gasteiger partial charge in [-0.3, -0.25) is 13.9 Å². The van der Waals surface area contributed by atoms with Crippen molar-refractivity contribution < 1.29 is 22.7 Å². The predicted octanol–water partition coefficient (Wildman–Crippen LogP) is 4.50. The van der Waals surface area contributed by atoms with Crippen LogP contribution < -0.4 is 14.4 Å². The number of ether oxygens (including phenoxy) is 1. The highest BCUT2D eigenvalue weighted by molar-refractivity contribution is 7.92. The van der Waals surface area contributed by atoms with Crippen molar-refractivity contribution in [3.8, 4) is 5.75 Å². The van der Waals surface area contributed by atoms with Crippen molar-refractivity contribution in [1.82, 2.24) is 10.2 Å². The van der Waals surface area contributed by atoms with Gasteiger partial charge in [0.15, 0.2) is 0 Å². The minimum atomic E-state index is -3.55. The molecule has 0 radical (unpaired) electrons. The summed E-state index contributed by atoms with van der Waals surface area (Å²) in [5.41, 5.74) is 1.46. The first-order valence-electron chi connectivity index (χ1n) is 13.5. The third-order valence-electron chi connectivity index (χ3n) is 7.05. The number of carbonyl (C=O) groups excluding carboxylic acids is 2. The number of nitrogens with one attached hydrogen (secondary N) is 1. The van der Waals surface area contributed by atoms with Crippen LogP contribution in [0.4, 0.5) is 5.69 Å². The third-order valence-corrected chi connectivity index (χ3v) is 8.24. The van der Waals surface area contributed by atoms with E-state index in [4.69, 9.17) is 4.74 Å². The molecule has 8 nitrogen and oxygen atoms in total. The van der Waals surface area contributed by atoms with E-state index in [1.807, 2.05) is 37.3 Å². The van der Waals surface area contributed by atoms with Crippen LogP contribution in [0.1, 0.15) is 63.9 Å². The summed E-state index contributed by atoms with van der Waals surface area (Å²) < 4.78 is 31.5. The molecule has 2 aromatic carbocycles. The molecule has 0 unspecified atom stereocenters. The van der Waals surface area contributed by atoms with Crippen LogP contribution in [0.15, 0.2) is 54.6 Å². The lowest BCUT2D eigenvalue weighted by molar-refractivity contribution is -0.141. The average molecular weight is 544 g/mol. The van der Waals surface area contributed by atoms with Crippen molar-refractivity contribution in [2.24, 2.45) is 0 Å². The summed E-state index contributed by atoms with van der Waals surface area (Å²) in [4.78, 5) is 28.5. The van der Waals surface area contributed by atoms with E-state index in [0.29, 0.717) is 30.8 Å². The van der Waals surface area contributed by atoms with Gasteiger partial charge in [0.1, 0.15) is 11.8 Å². The highest BCUT2D eigenvalue weighted by atomic mass is 32.2. The van der Waals surface area contributed by atoms with Crippen LogP contribution in [0.5, 0.6) is 5.75 Å². The van der Waals surface area contributed by atoms with Gasteiger partial charge in [0.05, 0.1) is 19.1 Å². The van der Waals surface area contributed by atoms with E-state index in [1.54, 1.807) is 36.3 Å². The van der Waals surface area contributed by atoms with E-state index in [0.717, 1.165) is 37.5 Å². The molecule has 2 amide bonds. The number of benzene rings is 2. The van der Waals surface area contributed by atoms with E-state index < -0.39 is 16.1 Å². The van der Waals surface area contributed by atoms with E-state index in [9.17, 15) is 18.0 Å². The zero-order valence-corrected chi connectivity index (χ0v) is 23.6. The summed E-state index contributed by atoms with van der Waals surface area (Å²) in [6.45, 7) is 2.40. The van der Waals surface area contributed by atoms with Gasteiger partial charge >= 0.3 is 0 Å². The molecule has 0 aromatic heterocycles. The van der Waals surface area contributed by atoms with Crippen LogP contribution in [0, 0.1) is 0 Å². The van der Waals surface area contributed by atoms with Crippen molar-refractivity contribution in [2.45, 2.75) is 76.9 Å². The molecular formula is C29H41N3O5S. The second kappa shape index (κ2) is 14.2. The van der Waals surface area contributed by atoms with Crippen molar-refractivity contribution in [3.63, 3.8) is 0 Å². The number of carbonyl (C=O) groups is 2. The molecule has 9 heteroatoms. The Labute approximate surface area is 227 Å². The first-order valence-corrected chi connectivity index (χ1v) is 15.3. The van der Waals surface area contributed by atoms with Crippen LogP contribution in [-0.2, 0) is 26.2 Å². The Morgan fingerprint density at radius 3 is 2.26 bits per heavy atom. The first kappa shape index (κ1) is 29.5. The Morgan fingerprint density at radius 2 is 1.68 bits per heavy atom. The molecule has 1 fully saturated rings. The second-order valence-corrected chi connectivity index (χ2v) is 11.8. The van der Waals surface area contributed by atoms with Crippen LogP contribution in [0.25, 0.3) is 0 Å². The summed E-state index contributed by atoms with van der Waals surface area (Å²) in [5, 5.41) is 3.19. The van der Waals surface area contributed by atoms with Gasteiger partial charge in [-0.25, -0.2) is 8.42 Å². The Bertz CT molecular complexity index is 1130. The van der Waals surface area contributed by atoms with Crippen LogP contribution >= 0.6 is 0 Å². The molecule has 1 N–H and O–H groups in total. The molecule has 3 rings (SSSR count). The maximum atomic E-state index is 13.6. The Balaban J connectivity index is 1.72. The lowest BCUT2D eigenvalue weighted by Crippen LogP contribution is -2.51. The normalized spacial score (nSPS) is 14.9. The molecule has 0 spiro atoms. The van der Waals surface area contributed by atoms with Gasteiger partial charge in [0.2, 0.25) is 21.8 Å². The van der Waals surface area contributed by atoms with Crippen molar-refractivity contribution in [3.05, 3.63) is 60.2 Å². The Kier molecular flexibility index (Phi) is 11.0. The minimum absolute atomic E-state index is 0.111. The third kappa shape index (κ3) is 8.48. The quantitative estimate of drug-likeness (QED) is 0.401. The summed E-state index contributed by atoms with van der Waals surface area (Å²) in [6, 6.07) is 16.0. The molecule has 38 heavy (non-hydrogen) atoms. The van der Waals surface area contributed by atoms with Crippen LogP contribution in [0.2, 0.25) is 0 Å². The number of nitrogens with zero attached hydrogens (tertiary/aromatic N) is 2. The number of anilines is 1. The lowest BCUT2D eigenvalue weighted by atomic mass is 9.95. The highest BCUT2D eigenvalue weighted by Crippen LogP contribution is 2.23. The molecule has 1 atom stereocenters. The summed E-state index contributed by atoms with van der Waals surface area (Å²) in [5.74, 6) is 0.355. The first-order chi connectivity index (χ1) is 18.2. The maximum Gasteiger partial charge on any atom is 0.243 e. The Morgan fingerprint density at radius 1 is 1.03 bits per heavy atom. The lowest BCUT2D eigenvalue weighted by Gasteiger charge is -2.33. The monoisotopic (exact) mass is 543 g/mol. The van der Waals surface area contributed by atoms with Gasteiger partial charge in [-0.2, -0.15) is 0 Å². The van der Waals surface area contributed by atoms with Gasteiger partial charge in [0, 0.05) is 25.6 Å². The molecule has 2 aromatic rings. The predicted molar refractivity (Wildman–Crippen MR) is 151 cm³/mol. The smallest absolute Gasteiger partial charge is 0.243 e. The zero-order chi connectivity index (χ0) is 27.5. The van der Waals surface area contributed by atoms with E-state index in [-0.39, 0.29) is 30.8 Å². The summed E-state index contributed by atoms with van der Waals surface area (Å²) in [6.07, 6.45) is 7.47. The van der Waals surface area contributed by atoms with Gasteiger partial charge in [-0.05, 0) is 55.5 Å². The van der Waals surface area contributed by atoms with Crippen LogP contribution in [0.3, 0.4) is 0 Å². The molecule has 0 heterocycles. The van der Waals surface area contributed by atoms with Gasteiger partial charge in [-0.1, -0.05) is 56.5 Å². The number of sulfonamides is 1. The number of rotatable bonds is 13. The molecule has 1 saturated carbocycles.